The lowest BCUT2D eigenvalue weighted by Crippen LogP contribution is -2.10. The van der Waals surface area contributed by atoms with E-state index in [-0.39, 0.29) is 5.91 Å². The maximum absolute atomic E-state index is 11.6. The molecule has 1 N–H and O–H groups in total. The van der Waals surface area contributed by atoms with Gasteiger partial charge in [0.25, 0.3) is 0 Å². The highest BCUT2D eigenvalue weighted by Crippen LogP contribution is 2.27. The zero-order valence-corrected chi connectivity index (χ0v) is 13.1. The van der Waals surface area contributed by atoms with Gasteiger partial charge in [-0.2, -0.15) is 0 Å². The standard InChI is InChI=1S/C15H17ClN2OS/c1-3-6-14(19)18-15-17-10(2)13(20-15)9-11-7-4-5-8-12(11)16/h4-5,7-8H,3,6,9H2,1-2H3,(H,17,18,19). The summed E-state index contributed by atoms with van der Waals surface area (Å²) in [4.78, 5) is 17.1. The number of hydrogen-bond donors (Lipinski definition) is 1. The number of benzene rings is 1. The number of amides is 1. The minimum atomic E-state index is 0.0190. The number of nitrogens with zero attached hydrogens (tertiary/aromatic N) is 1. The average Bonchev–Trinajstić information content (AvgIpc) is 2.72. The van der Waals surface area contributed by atoms with Gasteiger partial charge in [0.05, 0.1) is 5.69 Å². The molecule has 3 nitrogen and oxygen atoms in total. The fourth-order valence-electron chi connectivity index (χ4n) is 1.87. The van der Waals surface area contributed by atoms with Crippen LogP contribution in [0.3, 0.4) is 0 Å². The number of nitrogens with one attached hydrogen (secondary N) is 1. The van der Waals surface area contributed by atoms with Crippen LogP contribution in [0.2, 0.25) is 5.02 Å². The van der Waals surface area contributed by atoms with Gasteiger partial charge in [-0.25, -0.2) is 4.98 Å². The quantitative estimate of drug-likeness (QED) is 0.887. The molecular weight excluding hydrogens is 292 g/mol. The van der Waals surface area contributed by atoms with Gasteiger partial charge < -0.3 is 5.32 Å². The van der Waals surface area contributed by atoms with Crippen LogP contribution in [0, 0.1) is 6.92 Å². The second-order valence-corrected chi connectivity index (χ2v) is 6.08. The average molecular weight is 309 g/mol. The SMILES string of the molecule is CCCC(=O)Nc1nc(C)c(Cc2ccccc2Cl)s1. The van der Waals surface area contributed by atoms with Crippen LogP contribution in [-0.4, -0.2) is 10.9 Å². The molecule has 2 rings (SSSR count). The molecule has 2 aromatic rings. The van der Waals surface area contributed by atoms with Crippen LogP contribution >= 0.6 is 22.9 Å². The minimum absolute atomic E-state index is 0.0190. The fraction of sp³-hybridized carbons (Fsp3) is 0.333. The molecule has 1 amide bonds. The molecular formula is C15H17ClN2OS. The van der Waals surface area contributed by atoms with Crippen molar-refractivity contribution in [2.24, 2.45) is 0 Å². The summed E-state index contributed by atoms with van der Waals surface area (Å²) < 4.78 is 0. The van der Waals surface area contributed by atoms with Crippen LogP contribution in [0.25, 0.3) is 0 Å². The third-order valence-electron chi connectivity index (χ3n) is 2.92. The van der Waals surface area contributed by atoms with E-state index >= 15 is 0 Å². The molecule has 0 fully saturated rings. The smallest absolute Gasteiger partial charge is 0.226 e. The van der Waals surface area contributed by atoms with E-state index in [1.54, 1.807) is 0 Å². The van der Waals surface area contributed by atoms with Crippen molar-refractivity contribution in [3.05, 3.63) is 45.4 Å². The van der Waals surface area contributed by atoms with Gasteiger partial charge in [-0.1, -0.05) is 36.7 Å². The fourth-order valence-corrected chi connectivity index (χ4v) is 3.07. The van der Waals surface area contributed by atoms with E-state index in [0.717, 1.165) is 34.0 Å². The first-order valence-corrected chi connectivity index (χ1v) is 7.79. The Morgan fingerprint density at radius 3 is 2.85 bits per heavy atom. The number of anilines is 1. The predicted molar refractivity (Wildman–Crippen MR) is 84.6 cm³/mol. The summed E-state index contributed by atoms with van der Waals surface area (Å²) in [5.41, 5.74) is 2.02. The number of carbonyl (C=O) groups is 1. The van der Waals surface area contributed by atoms with Crippen LogP contribution in [0.15, 0.2) is 24.3 Å². The Hall–Kier alpha value is -1.39. The number of aromatic nitrogens is 1. The molecule has 0 spiro atoms. The third kappa shape index (κ3) is 3.81. The molecule has 1 aromatic carbocycles. The number of aryl methyl sites for hydroxylation is 1. The van der Waals surface area contributed by atoms with Crippen molar-refractivity contribution in [1.82, 2.24) is 4.98 Å². The lowest BCUT2D eigenvalue weighted by atomic mass is 10.1. The van der Waals surface area contributed by atoms with Gasteiger partial charge in [0.15, 0.2) is 5.13 Å². The van der Waals surface area contributed by atoms with E-state index in [9.17, 15) is 4.79 Å². The molecule has 0 saturated heterocycles. The summed E-state index contributed by atoms with van der Waals surface area (Å²) in [5, 5.41) is 4.27. The van der Waals surface area contributed by atoms with Crippen molar-refractivity contribution >= 4 is 34.0 Å². The van der Waals surface area contributed by atoms with E-state index in [4.69, 9.17) is 11.6 Å². The molecule has 0 saturated carbocycles. The lowest BCUT2D eigenvalue weighted by molar-refractivity contribution is -0.116. The van der Waals surface area contributed by atoms with Crippen LogP contribution < -0.4 is 5.32 Å². The molecule has 20 heavy (non-hydrogen) atoms. The monoisotopic (exact) mass is 308 g/mol. The van der Waals surface area contributed by atoms with E-state index in [1.165, 1.54) is 11.3 Å². The van der Waals surface area contributed by atoms with E-state index in [0.29, 0.717) is 11.6 Å². The van der Waals surface area contributed by atoms with Crippen molar-refractivity contribution < 1.29 is 4.79 Å². The highest BCUT2D eigenvalue weighted by atomic mass is 35.5. The maximum atomic E-state index is 11.6. The van der Waals surface area contributed by atoms with Crippen LogP contribution in [0.5, 0.6) is 0 Å². The van der Waals surface area contributed by atoms with Crippen LogP contribution in [-0.2, 0) is 11.2 Å². The number of carbonyl (C=O) groups excluding carboxylic acids is 1. The zero-order chi connectivity index (χ0) is 14.5. The van der Waals surface area contributed by atoms with E-state index in [1.807, 2.05) is 38.1 Å². The zero-order valence-electron chi connectivity index (χ0n) is 11.6. The first-order chi connectivity index (χ1) is 9.60. The van der Waals surface area contributed by atoms with Crippen molar-refractivity contribution in [1.29, 1.82) is 0 Å². The Morgan fingerprint density at radius 1 is 1.40 bits per heavy atom. The third-order valence-corrected chi connectivity index (χ3v) is 4.37. The van der Waals surface area contributed by atoms with Gasteiger partial charge in [-0.15, -0.1) is 11.3 Å². The van der Waals surface area contributed by atoms with Crippen molar-refractivity contribution in [2.45, 2.75) is 33.1 Å². The molecule has 0 radical (unpaired) electrons. The molecule has 0 aliphatic rings. The first-order valence-electron chi connectivity index (χ1n) is 6.59. The van der Waals surface area contributed by atoms with Crippen LogP contribution in [0.4, 0.5) is 5.13 Å². The first kappa shape index (κ1) is 15.0. The van der Waals surface area contributed by atoms with Gasteiger partial charge >= 0.3 is 0 Å². The van der Waals surface area contributed by atoms with Crippen molar-refractivity contribution in [2.75, 3.05) is 5.32 Å². The van der Waals surface area contributed by atoms with Crippen molar-refractivity contribution in [3.63, 3.8) is 0 Å². The van der Waals surface area contributed by atoms with Gasteiger partial charge in [-0.05, 0) is 25.0 Å². The summed E-state index contributed by atoms with van der Waals surface area (Å²) in [6, 6.07) is 7.79. The molecule has 0 bridgehead atoms. The maximum Gasteiger partial charge on any atom is 0.226 e. The summed E-state index contributed by atoms with van der Waals surface area (Å²) in [6.45, 7) is 3.94. The Labute approximate surface area is 128 Å². The molecule has 5 heteroatoms. The molecule has 0 aliphatic heterocycles. The Kier molecular flexibility index (Phi) is 5.15. The number of rotatable bonds is 5. The van der Waals surface area contributed by atoms with Crippen LogP contribution in [0.1, 0.15) is 35.9 Å². The number of halogens is 1. The van der Waals surface area contributed by atoms with Gasteiger partial charge in [0.2, 0.25) is 5.91 Å². The summed E-state index contributed by atoms with van der Waals surface area (Å²) in [5.74, 6) is 0.0190. The molecule has 1 aromatic heterocycles. The van der Waals surface area contributed by atoms with E-state index in [2.05, 4.69) is 10.3 Å². The van der Waals surface area contributed by atoms with E-state index < -0.39 is 0 Å². The van der Waals surface area contributed by atoms with Gasteiger partial charge in [0.1, 0.15) is 0 Å². The molecule has 106 valence electrons. The summed E-state index contributed by atoms with van der Waals surface area (Å²) in [6.07, 6.45) is 2.11. The normalized spacial score (nSPS) is 10.6. The highest BCUT2D eigenvalue weighted by Gasteiger charge is 2.11. The molecule has 1 heterocycles. The summed E-state index contributed by atoms with van der Waals surface area (Å²) >= 11 is 7.69. The molecule has 0 aliphatic carbocycles. The van der Waals surface area contributed by atoms with Gasteiger partial charge in [0, 0.05) is 22.7 Å². The largest absolute Gasteiger partial charge is 0.302 e. The lowest BCUT2D eigenvalue weighted by Gasteiger charge is -2.02. The molecule has 0 atom stereocenters. The minimum Gasteiger partial charge on any atom is -0.302 e. The van der Waals surface area contributed by atoms with Gasteiger partial charge in [-0.3, -0.25) is 4.79 Å². The Bertz CT molecular complexity index is 610. The topological polar surface area (TPSA) is 42.0 Å². The van der Waals surface area contributed by atoms with Crippen molar-refractivity contribution in [3.8, 4) is 0 Å². The molecule has 0 unspecified atom stereocenters. The number of hydrogen-bond acceptors (Lipinski definition) is 3. The second-order valence-electron chi connectivity index (χ2n) is 4.59. The number of thiazole rings is 1. The predicted octanol–water partition coefficient (Wildman–Crippen LogP) is 4.43. The Morgan fingerprint density at radius 2 is 2.15 bits per heavy atom. The second kappa shape index (κ2) is 6.86. The highest BCUT2D eigenvalue weighted by molar-refractivity contribution is 7.15. The summed E-state index contributed by atoms with van der Waals surface area (Å²) in [7, 11) is 0. The Balaban J connectivity index is 2.12.